The minimum atomic E-state index is -0.644. The zero-order chi connectivity index (χ0) is 17.8. The van der Waals surface area contributed by atoms with E-state index >= 15 is 0 Å². The fourth-order valence-corrected chi connectivity index (χ4v) is 2.45. The number of ketones is 1. The normalized spacial score (nSPS) is 10.5. The second kappa shape index (κ2) is 7.13. The Bertz CT molecular complexity index is 949. The van der Waals surface area contributed by atoms with Crippen LogP contribution in [0.2, 0.25) is 0 Å². The second-order valence-electron chi connectivity index (χ2n) is 5.41. The third-order valence-corrected chi connectivity index (χ3v) is 3.79. The molecule has 0 radical (unpaired) electrons. The van der Waals surface area contributed by atoms with Crippen molar-refractivity contribution in [1.82, 2.24) is 0 Å². The average molecular weight is 338 g/mol. The van der Waals surface area contributed by atoms with Crippen LogP contribution in [0.25, 0.3) is 10.8 Å². The van der Waals surface area contributed by atoms with Gasteiger partial charge < -0.3 is 9.47 Å². The van der Waals surface area contributed by atoms with Gasteiger partial charge in [0.15, 0.2) is 24.0 Å². The first-order chi connectivity index (χ1) is 12.1. The van der Waals surface area contributed by atoms with E-state index in [-0.39, 0.29) is 11.3 Å². The summed E-state index contributed by atoms with van der Waals surface area (Å²) in [5.74, 6) is -1.69. The predicted octanol–water partition coefficient (Wildman–Crippen LogP) is 4.03. The van der Waals surface area contributed by atoms with Crippen molar-refractivity contribution in [2.24, 2.45) is 0 Å². The molecule has 3 aromatic rings. The van der Waals surface area contributed by atoms with Gasteiger partial charge in [-0.1, -0.05) is 30.3 Å². The van der Waals surface area contributed by atoms with Crippen LogP contribution in [0.15, 0.2) is 60.7 Å². The van der Waals surface area contributed by atoms with Crippen LogP contribution in [0.1, 0.15) is 20.7 Å². The van der Waals surface area contributed by atoms with Crippen molar-refractivity contribution in [3.8, 4) is 5.75 Å². The third kappa shape index (κ3) is 3.66. The van der Waals surface area contributed by atoms with E-state index in [9.17, 15) is 14.0 Å². The summed E-state index contributed by atoms with van der Waals surface area (Å²) in [4.78, 5) is 24.2. The Balaban J connectivity index is 1.68. The molecule has 0 bridgehead atoms. The van der Waals surface area contributed by atoms with Crippen molar-refractivity contribution in [2.75, 3.05) is 13.7 Å². The predicted molar refractivity (Wildman–Crippen MR) is 91.5 cm³/mol. The van der Waals surface area contributed by atoms with Crippen LogP contribution in [-0.4, -0.2) is 25.5 Å². The summed E-state index contributed by atoms with van der Waals surface area (Å²) in [6, 6.07) is 16.6. The number of fused-ring (bicyclic) bond motifs is 1. The van der Waals surface area contributed by atoms with Gasteiger partial charge in [0.1, 0.15) is 0 Å². The third-order valence-electron chi connectivity index (χ3n) is 3.79. The molecular weight excluding hydrogens is 323 g/mol. The molecule has 0 amide bonds. The minimum absolute atomic E-state index is 0.0460. The van der Waals surface area contributed by atoms with Gasteiger partial charge in [-0.25, -0.2) is 9.18 Å². The molecular formula is C20H15FO4. The maximum absolute atomic E-state index is 13.6. The van der Waals surface area contributed by atoms with Gasteiger partial charge in [0.05, 0.1) is 12.7 Å². The summed E-state index contributed by atoms with van der Waals surface area (Å²) in [6.45, 7) is -0.461. The van der Waals surface area contributed by atoms with E-state index in [1.807, 2.05) is 30.3 Å². The van der Waals surface area contributed by atoms with Crippen LogP contribution in [0, 0.1) is 5.82 Å². The highest BCUT2D eigenvalue weighted by Crippen LogP contribution is 2.19. The Labute approximate surface area is 143 Å². The highest BCUT2D eigenvalue weighted by Gasteiger charge is 2.14. The van der Waals surface area contributed by atoms with Crippen LogP contribution >= 0.6 is 0 Å². The van der Waals surface area contributed by atoms with E-state index in [1.165, 1.54) is 19.2 Å². The van der Waals surface area contributed by atoms with E-state index in [4.69, 9.17) is 9.47 Å². The largest absolute Gasteiger partial charge is 0.494 e. The SMILES string of the molecule is COc1ccc(C(=O)COC(=O)c2ccc3ccccc3c2)cc1F. The summed E-state index contributed by atoms with van der Waals surface area (Å²) in [6.07, 6.45) is 0. The lowest BCUT2D eigenvalue weighted by Crippen LogP contribution is -2.14. The zero-order valence-electron chi connectivity index (χ0n) is 13.5. The molecule has 0 unspecified atom stereocenters. The molecule has 0 spiro atoms. The molecule has 3 aromatic carbocycles. The summed E-state index contributed by atoms with van der Waals surface area (Å²) < 4.78 is 23.5. The Kier molecular flexibility index (Phi) is 4.75. The number of Topliss-reactive ketones (excluding diaryl/α,β-unsaturated/α-hetero) is 1. The molecule has 0 atom stereocenters. The van der Waals surface area contributed by atoms with Crippen LogP contribution < -0.4 is 4.74 Å². The number of carbonyl (C=O) groups excluding carboxylic acids is 2. The second-order valence-corrected chi connectivity index (χ2v) is 5.41. The van der Waals surface area contributed by atoms with Gasteiger partial charge in [-0.05, 0) is 41.1 Å². The van der Waals surface area contributed by atoms with Gasteiger partial charge in [-0.3, -0.25) is 4.79 Å². The molecule has 4 nitrogen and oxygen atoms in total. The summed E-state index contributed by atoms with van der Waals surface area (Å²) >= 11 is 0. The molecule has 0 aliphatic heterocycles. The molecule has 0 saturated heterocycles. The molecule has 0 saturated carbocycles. The summed E-state index contributed by atoms with van der Waals surface area (Å²) in [5.41, 5.74) is 0.469. The first kappa shape index (κ1) is 16.6. The standard InChI is InChI=1S/C20H15FO4/c1-24-19-9-8-15(11-17(19)21)18(22)12-25-20(23)16-7-6-13-4-2-3-5-14(13)10-16/h2-11H,12H2,1H3. The average Bonchev–Trinajstić information content (AvgIpc) is 2.65. The van der Waals surface area contributed by atoms with Crippen molar-refractivity contribution in [2.45, 2.75) is 0 Å². The van der Waals surface area contributed by atoms with E-state index < -0.39 is 24.2 Å². The molecule has 3 rings (SSSR count). The van der Waals surface area contributed by atoms with Gasteiger partial charge >= 0.3 is 5.97 Å². The lowest BCUT2D eigenvalue weighted by molar-refractivity contribution is 0.0475. The Morgan fingerprint density at radius 1 is 0.920 bits per heavy atom. The molecule has 25 heavy (non-hydrogen) atoms. The highest BCUT2D eigenvalue weighted by molar-refractivity contribution is 6.00. The number of hydrogen-bond acceptors (Lipinski definition) is 4. The summed E-state index contributed by atoms with van der Waals surface area (Å²) in [5, 5.41) is 1.91. The first-order valence-electron chi connectivity index (χ1n) is 7.61. The van der Waals surface area contributed by atoms with Crippen molar-refractivity contribution in [3.05, 3.63) is 77.6 Å². The van der Waals surface area contributed by atoms with Crippen LogP contribution in [0.5, 0.6) is 5.75 Å². The van der Waals surface area contributed by atoms with E-state index in [1.54, 1.807) is 12.1 Å². The molecule has 126 valence electrons. The van der Waals surface area contributed by atoms with Gasteiger partial charge in [0.25, 0.3) is 0 Å². The number of hydrogen-bond donors (Lipinski definition) is 0. The van der Waals surface area contributed by atoms with Crippen LogP contribution in [-0.2, 0) is 4.74 Å². The van der Waals surface area contributed by atoms with Crippen molar-refractivity contribution in [1.29, 1.82) is 0 Å². The van der Waals surface area contributed by atoms with E-state index in [2.05, 4.69) is 0 Å². The van der Waals surface area contributed by atoms with E-state index in [0.29, 0.717) is 5.56 Å². The monoisotopic (exact) mass is 338 g/mol. The smallest absolute Gasteiger partial charge is 0.338 e. The molecule has 0 aliphatic rings. The van der Waals surface area contributed by atoms with Gasteiger partial charge in [-0.15, -0.1) is 0 Å². The Morgan fingerprint density at radius 3 is 2.36 bits per heavy atom. The van der Waals surface area contributed by atoms with Crippen molar-refractivity contribution < 1.29 is 23.5 Å². The van der Waals surface area contributed by atoms with E-state index in [0.717, 1.165) is 16.8 Å². The number of benzene rings is 3. The van der Waals surface area contributed by atoms with Crippen LogP contribution in [0.4, 0.5) is 4.39 Å². The number of halogens is 1. The number of methoxy groups -OCH3 is 1. The fraction of sp³-hybridized carbons (Fsp3) is 0.100. The number of carbonyl (C=O) groups is 2. The lowest BCUT2D eigenvalue weighted by Gasteiger charge is -2.07. The molecule has 0 N–H and O–H groups in total. The Morgan fingerprint density at radius 2 is 1.64 bits per heavy atom. The number of rotatable bonds is 5. The number of ether oxygens (including phenoxy) is 2. The lowest BCUT2D eigenvalue weighted by atomic mass is 10.1. The summed E-state index contributed by atoms with van der Waals surface area (Å²) in [7, 11) is 1.34. The maximum Gasteiger partial charge on any atom is 0.338 e. The molecule has 0 aliphatic carbocycles. The molecule has 0 aromatic heterocycles. The van der Waals surface area contributed by atoms with Crippen LogP contribution in [0.3, 0.4) is 0 Å². The van der Waals surface area contributed by atoms with Gasteiger partial charge in [0.2, 0.25) is 0 Å². The Hall–Kier alpha value is -3.21. The zero-order valence-corrected chi connectivity index (χ0v) is 13.5. The van der Waals surface area contributed by atoms with Crippen molar-refractivity contribution >= 4 is 22.5 Å². The highest BCUT2D eigenvalue weighted by atomic mass is 19.1. The fourth-order valence-electron chi connectivity index (χ4n) is 2.45. The minimum Gasteiger partial charge on any atom is -0.494 e. The number of esters is 1. The quantitative estimate of drug-likeness (QED) is 0.521. The van der Waals surface area contributed by atoms with Crippen molar-refractivity contribution in [3.63, 3.8) is 0 Å². The molecule has 0 heterocycles. The molecule has 5 heteroatoms. The molecule has 0 fully saturated rings. The first-order valence-corrected chi connectivity index (χ1v) is 7.61. The topological polar surface area (TPSA) is 52.6 Å². The maximum atomic E-state index is 13.6. The van der Waals surface area contributed by atoms with Gasteiger partial charge in [0, 0.05) is 5.56 Å². The van der Waals surface area contributed by atoms with Gasteiger partial charge in [-0.2, -0.15) is 0 Å².